The number of nitrogens with one attached hydrogen (secondary N) is 2. The summed E-state index contributed by atoms with van der Waals surface area (Å²) >= 11 is 5.80. The van der Waals surface area contributed by atoms with E-state index in [9.17, 15) is 8.42 Å². The van der Waals surface area contributed by atoms with Crippen LogP contribution in [0.4, 0.5) is 0 Å². The Morgan fingerprint density at radius 3 is 2.58 bits per heavy atom. The summed E-state index contributed by atoms with van der Waals surface area (Å²) in [5.74, 6) is 0.273. The van der Waals surface area contributed by atoms with E-state index in [2.05, 4.69) is 10.0 Å². The van der Waals surface area contributed by atoms with Crippen molar-refractivity contribution in [2.45, 2.75) is 11.8 Å². The minimum atomic E-state index is -3.61. The molecule has 0 aliphatic heterocycles. The van der Waals surface area contributed by atoms with Gasteiger partial charge in [0.25, 0.3) is 0 Å². The van der Waals surface area contributed by atoms with Gasteiger partial charge in [-0.15, -0.1) is 12.4 Å². The van der Waals surface area contributed by atoms with Crippen LogP contribution in [0.2, 0.25) is 5.02 Å². The number of sulfonamides is 1. The molecule has 0 saturated heterocycles. The van der Waals surface area contributed by atoms with E-state index in [-0.39, 0.29) is 23.1 Å². The first kappa shape index (κ1) is 18.5. The molecule has 8 heteroatoms. The summed E-state index contributed by atoms with van der Waals surface area (Å²) in [4.78, 5) is 0.0500. The molecule has 0 heterocycles. The van der Waals surface area contributed by atoms with Gasteiger partial charge < -0.3 is 10.1 Å². The molecule has 0 atom stereocenters. The maximum absolute atomic E-state index is 12.0. The van der Waals surface area contributed by atoms with Crippen molar-refractivity contribution in [1.29, 1.82) is 0 Å². The van der Waals surface area contributed by atoms with Crippen LogP contribution in [0.1, 0.15) is 6.92 Å². The number of methoxy groups -OCH3 is 1. The van der Waals surface area contributed by atoms with Crippen molar-refractivity contribution in [3.8, 4) is 5.75 Å². The molecule has 0 saturated carbocycles. The van der Waals surface area contributed by atoms with E-state index in [1.807, 2.05) is 6.92 Å². The molecule has 19 heavy (non-hydrogen) atoms. The lowest BCUT2D eigenvalue weighted by molar-refractivity contribution is 0.402. The van der Waals surface area contributed by atoms with Crippen molar-refractivity contribution in [3.05, 3.63) is 23.2 Å². The third-order valence-corrected chi connectivity index (χ3v) is 3.98. The summed E-state index contributed by atoms with van der Waals surface area (Å²) in [6.07, 6.45) is 0. The lowest BCUT2D eigenvalue weighted by Gasteiger charge is -2.11. The van der Waals surface area contributed by atoms with E-state index in [4.69, 9.17) is 16.3 Å². The van der Waals surface area contributed by atoms with E-state index in [0.717, 1.165) is 6.54 Å². The molecule has 1 aromatic rings. The van der Waals surface area contributed by atoms with Crippen LogP contribution < -0.4 is 14.8 Å². The van der Waals surface area contributed by atoms with Crippen molar-refractivity contribution in [2.75, 3.05) is 26.7 Å². The number of halogens is 2. The van der Waals surface area contributed by atoms with Gasteiger partial charge in [0.15, 0.2) is 0 Å². The minimum absolute atomic E-state index is 0. The van der Waals surface area contributed by atoms with E-state index < -0.39 is 10.0 Å². The number of hydrogen-bond donors (Lipinski definition) is 2. The smallest absolute Gasteiger partial charge is 0.244 e. The van der Waals surface area contributed by atoms with Crippen molar-refractivity contribution in [2.24, 2.45) is 0 Å². The summed E-state index contributed by atoms with van der Waals surface area (Å²) in [6.45, 7) is 3.63. The fraction of sp³-hybridized carbons (Fsp3) is 0.455. The molecule has 0 aromatic heterocycles. The van der Waals surface area contributed by atoms with Gasteiger partial charge in [0.1, 0.15) is 10.6 Å². The maximum Gasteiger partial charge on any atom is 0.244 e. The average Bonchev–Trinajstić information content (AvgIpc) is 2.35. The highest BCUT2D eigenvalue weighted by Crippen LogP contribution is 2.26. The molecule has 1 rings (SSSR count). The lowest BCUT2D eigenvalue weighted by Crippen LogP contribution is -2.32. The SMILES string of the molecule is CCNCCNS(=O)(=O)c1cc(Cl)ccc1OC.Cl. The quantitative estimate of drug-likeness (QED) is 0.747. The highest BCUT2D eigenvalue weighted by molar-refractivity contribution is 7.89. The first-order chi connectivity index (χ1) is 8.51. The maximum atomic E-state index is 12.0. The number of likely N-dealkylation sites (N-methyl/N-ethyl adjacent to an activating group) is 1. The summed E-state index contributed by atoms with van der Waals surface area (Å²) in [5.41, 5.74) is 0. The number of hydrogen-bond acceptors (Lipinski definition) is 4. The van der Waals surface area contributed by atoms with Crippen LogP contribution in [0.15, 0.2) is 23.1 Å². The molecule has 5 nitrogen and oxygen atoms in total. The molecule has 110 valence electrons. The summed E-state index contributed by atoms with van der Waals surface area (Å²) in [6, 6.07) is 4.48. The van der Waals surface area contributed by atoms with Crippen LogP contribution in [0.3, 0.4) is 0 Å². The molecule has 2 N–H and O–H groups in total. The first-order valence-electron chi connectivity index (χ1n) is 5.55. The Labute approximate surface area is 125 Å². The molecule has 0 aliphatic rings. The van der Waals surface area contributed by atoms with Crippen molar-refractivity contribution >= 4 is 34.0 Å². The average molecular weight is 329 g/mol. The highest BCUT2D eigenvalue weighted by Gasteiger charge is 2.19. The van der Waals surface area contributed by atoms with E-state index >= 15 is 0 Å². The van der Waals surface area contributed by atoms with Crippen LogP contribution in [-0.4, -0.2) is 35.2 Å². The Kier molecular flexibility index (Phi) is 8.36. The summed E-state index contributed by atoms with van der Waals surface area (Å²) in [7, 11) is -2.19. The van der Waals surface area contributed by atoms with Gasteiger partial charge in [-0.3, -0.25) is 0 Å². The second-order valence-corrected chi connectivity index (χ2v) is 5.72. The second-order valence-electron chi connectivity index (χ2n) is 3.55. The molecule has 0 spiro atoms. The molecule has 1 aromatic carbocycles. The Bertz CT molecular complexity index is 495. The zero-order valence-electron chi connectivity index (χ0n) is 10.8. The van der Waals surface area contributed by atoms with Gasteiger partial charge >= 0.3 is 0 Å². The Morgan fingerprint density at radius 1 is 1.32 bits per heavy atom. The molecule has 0 amide bonds. The summed E-state index contributed by atoms with van der Waals surface area (Å²) < 4.78 is 31.6. The third-order valence-electron chi connectivity index (χ3n) is 2.26. The summed E-state index contributed by atoms with van der Waals surface area (Å²) in [5, 5.41) is 3.38. The molecule has 0 radical (unpaired) electrons. The molecular formula is C11H18Cl2N2O3S. The molecule has 0 bridgehead atoms. The van der Waals surface area contributed by atoms with Gasteiger partial charge in [-0.2, -0.15) is 0 Å². The lowest BCUT2D eigenvalue weighted by atomic mass is 10.3. The molecule has 0 unspecified atom stereocenters. The number of ether oxygens (including phenoxy) is 1. The van der Waals surface area contributed by atoms with Gasteiger partial charge in [-0.05, 0) is 24.7 Å². The largest absolute Gasteiger partial charge is 0.495 e. The molecule has 0 fully saturated rings. The normalized spacial score (nSPS) is 10.9. The topological polar surface area (TPSA) is 67.4 Å². The predicted molar refractivity (Wildman–Crippen MR) is 79.0 cm³/mol. The molecular weight excluding hydrogens is 311 g/mol. The van der Waals surface area contributed by atoms with Crippen LogP contribution in [0, 0.1) is 0 Å². The Morgan fingerprint density at radius 2 is 2.00 bits per heavy atom. The van der Waals surface area contributed by atoms with E-state index in [1.165, 1.54) is 19.2 Å². The fourth-order valence-electron chi connectivity index (χ4n) is 1.39. The van der Waals surface area contributed by atoms with Crippen LogP contribution in [0.25, 0.3) is 0 Å². The minimum Gasteiger partial charge on any atom is -0.495 e. The van der Waals surface area contributed by atoms with Gasteiger partial charge in [-0.1, -0.05) is 18.5 Å². The zero-order valence-corrected chi connectivity index (χ0v) is 13.2. The monoisotopic (exact) mass is 328 g/mol. The Hall–Kier alpha value is -0.530. The third kappa shape index (κ3) is 5.54. The molecule has 0 aliphatic carbocycles. The zero-order chi connectivity index (χ0) is 13.6. The fourth-order valence-corrected chi connectivity index (χ4v) is 2.85. The number of benzene rings is 1. The van der Waals surface area contributed by atoms with Crippen molar-refractivity contribution in [1.82, 2.24) is 10.0 Å². The standard InChI is InChI=1S/C11H17ClN2O3S.ClH/c1-3-13-6-7-14-18(15,16)11-8-9(12)4-5-10(11)17-2;/h4-5,8,13-14H,3,6-7H2,1-2H3;1H. The second kappa shape index (κ2) is 8.60. The van der Waals surface area contributed by atoms with Crippen LogP contribution >= 0.6 is 24.0 Å². The van der Waals surface area contributed by atoms with E-state index in [0.29, 0.717) is 18.1 Å². The van der Waals surface area contributed by atoms with E-state index in [1.54, 1.807) is 6.07 Å². The van der Waals surface area contributed by atoms with Crippen LogP contribution in [0.5, 0.6) is 5.75 Å². The van der Waals surface area contributed by atoms with Crippen molar-refractivity contribution < 1.29 is 13.2 Å². The van der Waals surface area contributed by atoms with Crippen LogP contribution in [-0.2, 0) is 10.0 Å². The van der Waals surface area contributed by atoms with Gasteiger partial charge in [-0.25, -0.2) is 13.1 Å². The predicted octanol–water partition coefficient (Wildman–Crippen LogP) is 1.66. The first-order valence-corrected chi connectivity index (χ1v) is 7.41. The number of rotatable bonds is 7. The highest BCUT2D eigenvalue weighted by atomic mass is 35.5. The van der Waals surface area contributed by atoms with Gasteiger partial charge in [0.05, 0.1) is 7.11 Å². The van der Waals surface area contributed by atoms with Gasteiger partial charge in [0.2, 0.25) is 10.0 Å². The Balaban J connectivity index is 0.00000324. The van der Waals surface area contributed by atoms with Crippen molar-refractivity contribution in [3.63, 3.8) is 0 Å². The van der Waals surface area contributed by atoms with Gasteiger partial charge in [0, 0.05) is 18.1 Å².